The van der Waals surface area contributed by atoms with Gasteiger partial charge in [0.1, 0.15) is 11.3 Å². The lowest BCUT2D eigenvalue weighted by molar-refractivity contribution is 0.292. The van der Waals surface area contributed by atoms with E-state index in [2.05, 4.69) is 43.6 Å². The maximum Gasteiger partial charge on any atom is 0.134 e. The molecule has 3 heteroatoms. The first kappa shape index (κ1) is 16.3. The second-order valence-corrected chi connectivity index (χ2v) is 5.24. The van der Waals surface area contributed by atoms with Crippen LogP contribution in [0.4, 0.5) is 0 Å². The molecule has 22 heavy (non-hydrogen) atoms. The Balaban J connectivity index is 2.26. The van der Waals surface area contributed by atoms with Gasteiger partial charge >= 0.3 is 0 Å². The highest BCUT2D eigenvalue weighted by Gasteiger charge is 2.11. The molecule has 2 rings (SSSR count). The van der Waals surface area contributed by atoms with Crippen molar-refractivity contribution >= 4 is 11.0 Å². The van der Waals surface area contributed by atoms with E-state index in [4.69, 9.17) is 9.52 Å². The van der Waals surface area contributed by atoms with E-state index in [1.807, 2.05) is 12.2 Å². The number of allylic oxidation sites excluding steroid dienone is 4. The number of furan rings is 1. The third-order valence-electron chi connectivity index (χ3n) is 3.68. The van der Waals surface area contributed by atoms with Crippen molar-refractivity contribution in [1.29, 1.82) is 0 Å². The Kier molecular flexibility index (Phi) is 5.75. The Morgan fingerprint density at radius 2 is 2.18 bits per heavy atom. The first-order valence-electron chi connectivity index (χ1n) is 7.46. The molecular formula is C19H23NO2. The van der Waals surface area contributed by atoms with Gasteiger partial charge in [-0.1, -0.05) is 43.5 Å². The fourth-order valence-corrected chi connectivity index (χ4v) is 2.45. The van der Waals surface area contributed by atoms with Gasteiger partial charge in [-0.05, 0) is 29.7 Å². The minimum absolute atomic E-state index is 0.145. The number of benzene rings is 1. The molecule has 1 aromatic heterocycles. The summed E-state index contributed by atoms with van der Waals surface area (Å²) in [5.41, 5.74) is 4.30. The van der Waals surface area contributed by atoms with Crippen LogP contribution in [0.15, 0.2) is 59.6 Å². The predicted molar refractivity (Wildman–Crippen MR) is 91.9 cm³/mol. The second kappa shape index (κ2) is 7.78. The summed E-state index contributed by atoms with van der Waals surface area (Å²) in [6, 6.07) is 6.24. The minimum Gasteiger partial charge on any atom is -0.460 e. The maximum absolute atomic E-state index is 8.81. The van der Waals surface area contributed by atoms with Crippen LogP contribution in [0.25, 0.3) is 11.0 Å². The molecule has 0 aliphatic rings. The van der Waals surface area contributed by atoms with Crippen LogP contribution in [0.1, 0.15) is 16.9 Å². The summed E-state index contributed by atoms with van der Waals surface area (Å²) < 4.78 is 6.02. The molecule has 0 fully saturated rings. The van der Waals surface area contributed by atoms with Gasteiger partial charge in [0.15, 0.2) is 0 Å². The lowest BCUT2D eigenvalue weighted by atomic mass is 10.1. The smallest absolute Gasteiger partial charge is 0.134 e. The van der Waals surface area contributed by atoms with E-state index in [1.165, 1.54) is 5.56 Å². The van der Waals surface area contributed by atoms with Crippen molar-refractivity contribution in [2.75, 3.05) is 13.2 Å². The molecule has 0 bridgehead atoms. The summed E-state index contributed by atoms with van der Waals surface area (Å²) in [4.78, 5) is 0. The molecule has 3 nitrogen and oxygen atoms in total. The van der Waals surface area contributed by atoms with Gasteiger partial charge in [-0.15, -0.1) is 0 Å². The SMILES string of the molecule is C=C/C=C(\C=C)Cc1oc2cc(CNCCO)ccc2c1C. The molecule has 1 heterocycles. The van der Waals surface area contributed by atoms with Crippen LogP contribution in [-0.4, -0.2) is 18.3 Å². The number of aliphatic hydroxyl groups excluding tert-OH is 1. The summed E-state index contributed by atoms with van der Waals surface area (Å²) in [5, 5.41) is 13.1. The van der Waals surface area contributed by atoms with Crippen LogP contribution in [0.2, 0.25) is 0 Å². The number of nitrogens with one attached hydrogen (secondary N) is 1. The van der Waals surface area contributed by atoms with Gasteiger partial charge in [-0.2, -0.15) is 0 Å². The Morgan fingerprint density at radius 1 is 1.36 bits per heavy atom. The Morgan fingerprint density at radius 3 is 2.86 bits per heavy atom. The molecular weight excluding hydrogens is 274 g/mol. The maximum atomic E-state index is 8.81. The van der Waals surface area contributed by atoms with Crippen molar-refractivity contribution < 1.29 is 9.52 Å². The van der Waals surface area contributed by atoms with Crippen molar-refractivity contribution in [3.8, 4) is 0 Å². The molecule has 116 valence electrons. The van der Waals surface area contributed by atoms with E-state index < -0.39 is 0 Å². The first-order valence-corrected chi connectivity index (χ1v) is 7.46. The average molecular weight is 297 g/mol. The van der Waals surface area contributed by atoms with Crippen molar-refractivity contribution in [1.82, 2.24) is 5.32 Å². The van der Waals surface area contributed by atoms with Gasteiger partial charge in [0.05, 0.1) is 6.61 Å². The van der Waals surface area contributed by atoms with Gasteiger partial charge < -0.3 is 14.8 Å². The van der Waals surface area contributed by atoms with Crippen molar-refractivity contribution in [2.45, 2.75) is 19.9 Å². The highest BCUT2D eigenvalue weighted by atomic mass is 16.3. The minimum atomic E-state index is 0.145. The molecule has 0 aliphatic carbocycles. The zero-order valence-electron chi connectivity index (χ0n) is 13.1. The molecule has 0 spiro atoms. The standard InChI is InChI=1S/C19H23NO2/c1-4-6-15(5-2)11-18-14(3)17-8-7-16(12-19(17)22-18)13-20-9-10-21/h4-8,12,20-21H,1-2,9-11,13H2,3H3/b15-6+. The first-order chi connectivity index (χ1) is 10.7. The van der Waals surface area contributed by atoms with Crippen molar-refractivity contribution in [2.24, 2.45) is 0 Å². The largest absolute Gasteiger partial charge is 0.460 e. The highest BCUT2D eigenvalue weighted by molar-refractivity contribution is 5.82. The predicted octanol–water partition coefficient (Wildman–Crippen LogP) is 3.66. The lowest BCUT2D eigenvalue weighted by Gasteiger charge is -2.02. The number of aliphatic hydroxyl groups is 1. The molecule has 2 aromatic rings. The van der Waals surface area contributed by atoms with Crippen LogP contribution in [-0.2, 0) is 13.0 Å². The number of hydrogen-bond donors (Lipinski definition) is 2. The van der Waals surface area contributed by atoms with Crippen molar-refractivity contribution in [3.05, 3.63) is 72.0 Å². The molecule has 0 radical (unpaired) electrons. The van der Waals surface area contributed by atoms with E-state index in [0.717, 1.165) is 34.4 Å². The van der Waals surface area contributed by atoms with Crippen LogP contribution in [0, 0.1) is 6.92 Å². The van der Waals surface area contributed by atoms with E-state index >= 15 is 0 Å². The molecule has 0 amide bonds. The summed E-state index contributed by atoms with van der Waals surface area (Å²) in [5.74, 6) is 0.962. The van der Waals surface area contributed by atoms with Crippen LogP contribution >= 0.6 is 0 Å². The Labute approximate surface area is 131 Å². The normalized spacial score (nSPS) is 11.8. The molecule has 0 unspecified atom stereocenters. The van der Waals surface area contributed by atoms with E-state index in [1.54, 1.807) is 6.08 Å². The van der Waals surface area contributed by atoms with Gasteiger partial charge in [0, 0.05) is 24.9 Å². The summed E-state index contributed by atoms with van der Waals surface area (Å²) in [6.45, 7) is 11.1. The van der Waals surface area contributed by atoms with Gasteiger partial charge in [-0.25, -0.2) is 0 Å². The second-order valence-electron chi connectivity index (χ2n) is 5.24. The summed E-state index contributed by atoms with van der Waals surface area (Å²) in [6.07, 6.45) is 6.26. The number of fused-ring (bicyclic) bond motifs is 1. The molecule has 0 saturated heterocycles. The monoisotopic (exact) mass is 297 g/mol. The van der Waals surface area contributed by atoms with Crippen molar-refractivity contribution in [3.63, 3.8) is 0 Å². The van der Waals surface area contributed by atoms with Crippen LogP contribution < -0.4 is 5.32 Å². The average Bonchev–Trinajstić information content (AvgIpc) is 2.83. The third kappa shape index (κ3) is 3.75. The van der Waals surface area contributed by atoms with Crippen LogP contribution in [0.3, 0.4) is 0 Å². The number of aryl methyl sites for hydroxylation is 1. The fraction of sp³-hybridized carbons (Fsp3) is 0.263. The van der Waals surface area contributed by atoms with Gasteiger partial charge in [-0.3, -0.25) is 0 Å². The number of hydrogen-bond acceptors (Lipinski definition) is 3. The Bertz CT molecular complexity index is 695. The molecule has 1 aromatic carbocycles. The zero-order valence-corrected chi connectivity index (χ0v) is 13.1. The molecule has 0 saturated carbocycles. The lowest BCUT2D eigenvalue weighted by Crippen LogP contribution is -2.17. The summed E-state index contributed by atoms with van der Waals surface area (Å²) in [7, 11) is 0. The fourth-order valence-electron chi connectivity index (χ4n) is 2.45. The van der Waals surface area contributed by atoms with E-state index in [0.29, 0.717) is 13.0 Å². The Hall–Kier alpha value is -2.10. The third-order valence-corrected chi connectivity index (χ3v) is 3.68. The van der Waals surface area contributed by atoms with Gasteiger partial charge in [0.25, 0.3) is 0 Å². The quantitative estimate of drug-likeness (QED) is 0.577. The molecule has 2 N–H and O–H groups in total. The van der Waals surface area contributed by atoms with Crippen LogP contribution in [0.5, 0.6) is 0 Å². The highest BCUT2D eigenvalue weighted by Crippen LogP contribution is 2.28. The summed E-state index contributed by atoms with van der Waals surface area (Å²) >= 11 is 0. The van der Waals surface area contributed by atoms with E-state index in [-0.39, 0.29) is 6.61 Å². The van der Waals surface area contributed by atoms with Gasteiger partial charge in [0.2, 0.25) is 0 Å². The topological polar surface area (TPSA) is 45.4 Å². The molecule has 0 aliphatic heterocycles. The van der Waals surface area contributed by atoms with E-state index in [9.17, 15) is 0 Å². The zero-order chi connectivity index (χ0) is 15.9. The number of rotatable bonds is 8. The molecule has 0 atom stereocenters.